The van der Waals surface area contributed by atoms with Crippen LogP contribution in [0.15, 0.2) is 23.2 Å². The van der Waals surface area contributed by atoms with Gasteiger partial charge in [-0.3, -0.25) is 0 Å². The predicted octanol–water partition coefficient (Wildman–Crippen LogP) is 2.51. The first-order valence-electron chi connectivity index (χ1n) is 7.34. The summed E-state index contributed by atoms with van der Waals surface area (Å²) in [5.41, 5.74) is 0. The fourth-order valence-corrected chi connectivity index (χ4v) is 3.65. The molecule has 0 amide bonds. The summed E-state index contributed by atoms with van der Waals surface area (Å²) in [4.78, 5) is 4.39. The molecule has 1 saturated carbocycles. The zero-order valence-corrected chi connectivity index (χ0v) is 12.7. The van der Waals surface area contributed by atoms with E-state index < -0.39 is 10.0 Å². The molecule has 0 atom stereocenters. The summed E-state index contributed by atoms with van der Waals surface area (Å²) < 4.78 is 27.3. The van der Waals surface area contributed by atoms with Gasteiger partial charge in [0.2, 0.25) is 10.0 Å². The van der Waals surface area contributed by atoms with Crippen molar-refractivity contribution < 1.29 is 8.42 Å². The summed E-state index contributed by atoms with van der Waals surface area (Å²) in [7, 11) is -3.44. The molecule has 112 valence electrons. The van der Waals surface area contributed by atoms with E-state index in [4.69, 9.17) is 0 Å². The molecule has 0 spiro atoms. The van der Waals surface area contributed by atoms with Crippen LogP contribution in [0.4, 0.5) is 5.82 Å². The Morgan fingerprint density at radius 2 is 2.00 bits per heavy atom. The highest BCUT2D eigenvalue weighted by Crippen LogP contribution is 2.20. The van der Waals surface area contributed by atoms with Crippen LogP contribution in [0, 0.1) is 0 Å². The molecule has 1 aromatic heterocycles. The first kappa shape index (κ1) is 15.3. The first-order chi connectivity index (χ1) is 9.62. The van der Waals surface area contributed by atoms with Crippen molar-refractivity contribution in [3.8, 4) is 0 Å². The molecule has 6 heteroatoms. The molecule has 1 aromatic rings. The van der Waals surface area contributed by atoms with Crippen molar-refractivity contribution in [2.24, 2.45) is 0 Å². The van der Waals surface area contributed by atoms with Gasteiger partial charge in [0.1, 0.15) is 10.7 Å². The Balaban J connectivity index is 2.01. The van der Waals surface area contributed by atoms with Gasteiger partial charge < -0.3 is 5.32 Å². The molecule has 0 unspecified atom stereocenters. The van der Waals surface area contributed by atoms with Crippen LogP contribution in [-0.4, -0.2) is 26.0 Å². The molecule has 0 radical (unpaired) electrons. The number of rotatable bonds is 6. The highest BCUT2D eigenvalue weighted by atomic mass is 32.2. The monoisotopic (exact) mass is 297 g/mol. The second-order valence-electron chi connectivity index (χ2n) is 5.26. The highest BCUT2D eigenvalue weighted by molar-refractivity contribution is 7.89. The maximum atomic E-state index is 12.3. The van der Waals surface area contributed by atoms with E-state index in [2.05, 4.69) is 21.9 Å². The lowest BCUT2D eigenvalue weighted by Gasteiger charge is -2.22. The Morgan fingerprint density at radius 1 is 1.25 bits per heavy atom. The Morgan fingerprint density at radius 3 is 2.60 bits per heavy atom. The zero-order chi connectivity index (χ0) is 14.4. The SMILES string of the molecule is CCCNc1ccc(S(=O)(=O)NC2CCCCC2)cn1. The van der Waals surface area contributed by atoms with Crippen molar-refractivity contribution in [3.63, 3.8) is 0 Å². The van der Waals surface area contributed by atoms with Crippen LogP contribution in [0.3, 0.4) is 0 Å². The van der Waals surface area contributed by atoms with Gasteiger partial charge in [-0.25, -0.2) is 18.1 Å². The van der Waals surface area contributed by atoms with Gasteiger partial charge >= 0.3 is 0 Å². The van der Waals surface area contributed by atoms with Gasteiger partial charge in [-0.15, -0.1) is 0 Å². The fourth-order valence-electron chi connectivity index (χ4n) is 2.40. The molecular weight excluding hydrogens is 274 g/mol. The van der Waals surface area contributed by atoms with Gasteiger partial charge in [-0.1, -0.05) is 26.2 Å². The lowest BCUT2D eigenvalue weighted by Crippen LogP contribution is -2.36. The molecule has 2 rings (SSSR count). The first-order valence-corrected chi connectivity index (χ1v) is 8.82. The quantitative estimate of drug-likeness (QED) is 0.846. The van der Waals surface area contributed by atoms with E-state index in [1.165, 1.54) is 12.6 Å². The molecule has 1 heterocycles. The minimum atomic E-state index is -3.44. The third kappa shape index (κ3) is 4.18. The van der Waals surface area contributed by atoms with Crippen molar-refractivity contribution in [3.05, 3.63) is 18.3 Å². The standard InChI is InChI=1S/C14H23N3O2S/c1-2-10-15-14-9-8-13(11-16-14)20(18,19)17-12-6-4-3-5-7-12/h8-9,11-12,17H,2-7,10H2,1H3,(H,15,16). The molecule has 1 aliphatic rings. The second-order valence-corrected chi connectivity index (χ2v) is 6.98. The second kappa shape index (κ2) is 7.04. The molecule has 0 aliphatic heterocycles. The number of hydrogen-bond acceptors (Lipinski definition) is 4. The smallest absolute Gasteiger partial charge is 0.242 e. The van der Waals surface area contributed by atoms with E-state index in [1.54, 1.807) is 12.1 Å². The van der Waals surface area contributed by atoms with Crippen LogP contribution in [0.2, 0.25) is 0 Å². The van der Waals surface area contributed by atoms with Crippen molar-refractivity contribution >= 4 is 15.8 Å². The Hall–Kier alpha value is -1.14. The summed E-state index contributed by atoms with van der Waals surface area (Å²) >= 11 is 0. The summed E-state index contributed by atoms with van der Waals surface area (Å²) in [6, 6.07) is 3.40. The molecule has 0 aromatic carbocycles. The maximum Gasteiger partial charge on any atom is 0.242 e. The van der Waals surface area contributed by atoms with Crippen LogP contribution < -0.4 is 10.0 Å². The van der Waals surface area contributed by atoms with Crippen molar-refractivity contribution in [2.45, 2.75) is 56.4 Å². The fraction of sp³-hybridized carbons (Fsp3) is 0.643. The number of sulfonamides is 1. The number of pyridine rings is 1. The maximum absolute atomic E-state index is 12.3. The third-order valence-corrected chi connectivity index (χ3v) is 5.04. The van der Waals surface area contributed by atoms with E-state index in [0.29, 0.717) is 5.82 Å². The van der Waals surface area contributed by atoms with Crippen LogP contribution in [0.25, 0.3) is 0 Å². The van der Waals surface area contributed by atoms with E-state index in [9.17, 15) is 8.42 Å². The van der Waals surface area contributed by atoms with Crippen LogP contribution in [-0.2, 0) is 10.0 Å². The minimum Gasteiger partial charge on any atom is -0.370 e. The van der Waals surface area contributed by atoms with Gasteiger partial charge in [0.25, 0.3) is 0 Å². The van der Waals surface area contributed by atoms with E-state index in [0.717, 1.165) is 38.6 Å². The minimum absolute atomic E-state index is 0.0756. The van der Waals surface area contributed by atoms with Gasteiger partial charge in [-0.2, -0.15) is 0 Å². The topological polar surface area (TPSA) is 71.1 Å². The Labute approximate surface area is 121 Å². The number of nitrogens with zero attached hydrogens (tertiary/aromatic N) is 1. The normalized spacial score (nSPS) is 17.1. The van der Waals surface area contributed by atoms with Gasteiger partial charge in [0.15, 0.2) is 0 Å². The molecule has 0 bridgehead atoms. The van der Waals surface area contributed by atoms with Gasteiger partial charge in [-0.05, 0) is 31.4 Å². The predicted molar refractivity (Wildman–Crippen MR) is 80.2 cm³/mol. The lowest BCUT2D eigenvalue weighted by molar-refractivity contribution is 0.412. The number of aromatic nitrogens is 1. The zero-order valence-electron chi connectivity index (χ0n) is 11.9. The molecule has 2 N–H and O–H groups in total. The highest BCUT2D eigenvalue weighted by Gasteiger charge is 2.21. The van der Waals surface area contributed by atoms with Gasteiger partial charge in [0, 0.05) is 18.8 Å². The summed E-state index contributed by atoms with van der Waals surface area (Å²) in [5, 5.41) is 3.13. The summed E-state index contributed by atoms with van der Waals surface area (Å²) in [6.07, 6.45) is 7.70. The molecule has 20 heavy (non-hydrogen) atoms. The molecular formula is C14H23N3O2S. The number of nitrogens with one attached hydrogen (secondary N) is 2. The Bertz CT molecular complexity index is 508. The molecule has 0 saturated heterocycles. The Kier molecular flexibility index (Phi) is 5.37. The van der Waals surface area contributed by atoms with Gasteiger partial charge in [0.05, 0.1) is 0 Å². The molecule has 1 fully saturated rings. The van der Waals surface area contributed by atoms with Crippen LogP contribution >= 0.6 is 0 Å². The van der Waals surface area contributed by atoms with E-state index in [1.807, 2.05) is 0 Å². The summed E-state index contributed by atoms with van der Waals surface area (Å²) in [5.74, 6) is 0.712. The molecule has 5 nitrogen and oxygen atoms in total. The molecule has 1 aliphatic carbocycles. The average Bonchev–Trinajstić information content (AvgIpc) is 2.46. The van der Waals surface area contributed by atoms with Crippen molar-refractivity contribution in [1.82, 2.24) is 9.71 Å². The average molecular weight is 297 g/mol. The lowest BCUT2D eigenvalue weighted by atomic mass is 9.96. The van der Waals surface area contributed by atoms with Crippen LogP contribution in [0.1, 0.15) is 45.4 Å². The number of hydrogen-bond donors (Lipinski definition) is 2. The largest absolute Gasteiger partial charge is 0.370 e. The third-order valence-electron chi connectivity index (χ3n) is 3.53. The number of anilines is 1. The van der Waals surface area contributed by atoms with E-state index in [-0.39, 0.29) is 10.9 Å². The van der Waals surface area contributed by atoms with Crippen LogP contribution in [0.5, 0.6) is 0 Å². The summed E-state index contributed by atoms with van der Waals surface area (Å²) in [6.45, 7) is 2.90. The van der Waals surface area contributed by atoms with Crippen molar-refractivity contribution in [2.75, 3.05) is 11.9 Å². The van der Waals surface area contributed by atoms with E-state index >= 15 is 0 Å². The van der Waals surface area contributed by atoms with Crippen molar-refractivity contribution in [1.29, 1.82) is 0 Å².